The van der Waals surface area contributed by atoms with Gasteiger partial charge in [0.25, 0.3) is 0 Å². The van der Waals surface area contributed by atoms with Gasteiger partial charge in [-0.3, -0.25) is 0 Å². The molecule has 0 heterocycles. The Kier molecular flexibility index (Phi) is 5.45. The number of phenols is 1. The van der Waals surface area contributed by atoms with E-state index in [0.717, 1.165) is 24.4 Å². The normalized spacial score (nSPS) is 12.3. The Morgan fingerprint density at radius 1 is 1.05 bits per heavy atom. The summed E-state index contributed by atoms with van der Waals surface area (Å²) in [6.45, 7) is 0.937. The molecule has 1 unspecified atom stereocenters. The van der Waals surface area contributed by atoms with Crippen LogP contribution in [0.15, 0.2) is 48.5 Å². The molecule has 0 aliphatic rings. The van der Waals surface area contributed by atoms with Crippen molar-refractivity contribution in [2.24, 2.45) is 5.92 Å². The number of benzene rings is 2. The summed E-state index contributed by atoms with van der Waals surface area (Å²) in [6, 6.07) is 15.4. The number of phenolic OH excluding ortho intramolecular Hbond substituents is 1. The second-order valence-electron chi connectivity index (χ2n) is 5.09. The Hall–Kier alpha value is -1.51. The molecule has 2 nitrogen and oxygen atoms in total. The molecule has 0 radical (unpaired) electrons. The molecule has 2 N–H and O–H groups in total. The van der Waals surface area contributed by atoms with E-state index >= 15 is 0 Å². The molecule has 0 spiro atoms. The molecular weight excluding hydrogens is 270 g/mol. The van der Waals surface area contributed by atoms with Gasteiger partial charge in [0.05, 0.1) is 0 Å². The highest BCUT2D eigenvalue weighted by molar-refractivity contribution is 6.31. The van der Waals surface area contributed by atoms with Gasteiger partial charge in [0, 0.05) is 5.02 Å². The molecule has 2 aromatic carbocycles. The van der Waals surface area contributed by atoms with Crippen molar-refractivity contribution in [3.05, 3.63) is 64.7 Å². The van der Waals surface area contributed by atoms with Crippen molar-refractivity contribution in [2.45, 2.75) is 12.8 Å². The molecule has 1 atom stereocenters. The summed E-state index contributed by atoms with van der Waals surface area (Å²) in [5, 5.41) is 13.4. The van der Waals surface area contributed by atoms with Crippen LogP contribution in [0.5, 0.6) is 5.75 Å². The van der Waals surface area contributed by atoms with Crippen LogP contribution in [-0.4, -0.2) is 18.7 Å². The minimum Gasteiger partial charge on any atom is -0.508 e. The van der Waals surface area contributed by atoms with Crippen LogP contribution >= 0.6 is 11.6 Å². The number of halogens is 1. The quantitative estimate of drug-likeness (QED) is 0.850. The SMILES string of the molecule is CNCC(Cc1ccc(O)cc1)Cc1ccccc1Cl. The van der Waals surface area contributed by atoms with E-state index in [1.54, 1.807) is 12.1 Å². The minimum atomic E-state index is 0.310. The predicted octanol–water partition coefficient (Wildman–Crippen LogP) is 3.67. The molecule has 0 aliphatic carbocycles. The largest absolute Gasteiger partial charge is 0.508 e. The lowest BCUT2D eigenvalue weighted by molar-refractivity contribution is 0.473. The van der Waals surface area contributed by atoms with Crippen molar-refractivity contribution >= 4 is 11.6 Å². The summed E-state index contributed by atoms with van der Waals surface area (Å²) in [7, 11) is 1.97. The second-order valence-corrected chi connectivity index (χ2v) is 5.50. The van der Waals surface area contributed by atoms with Crippen molar-refractivity contribution in [3.63, 3.8) is 0 Å². The van der Waals surface area contributed by atoms with Crippen molar-refractivity contribution in [1.29, 1.82) is 0 Å². The van der Waals surface area contributed by atoms with Gasteiger partial charge < -0.3 is 10.4 Å². The minimum absolute atomic E-state index is 0.310. The van der Waals surface area contributed by atoms with Gasteiger partial charge in [-0.15, -0.1) is 0 Å². The van der Waals surface area contributed by atoms with Crippen LogP contribution in [0.3, 0.4) is 0 Å². The summed E-state index contributed by atoms with van der Waals surface area (Å²) < 4.78 is 0. The fourth-order valence-electron chi connectivity index (χ4n) is 2.45. The standard InChI is InChI=1S/C17H20ClNO/c1-19-12-14(10-13-6-8-16(20)9-7-13)11-15-4-2-3-5-17(15)18/h2-9,14,19-20H,10-12H2,1H3. The average molecular weight is 290 g/mol. The van der Waals surface area contributed by atoms with Gasteiger partial charge in [-0.05, 0) is 61.7 Å². The van der Waals surface area contributed by atoms with E-state index in [2.05, 4.69) is 11.4 Å². The number of nitrogens with one attached hydrogen (secondary N) is 1. The molecular formula is C17H20ClNO. The van der Waals surface area contributed by atoms with Gasteiger partial charge >= 0.3 is 0 Å². The third-order valence-corrected chi connectivity index (χ3v) is 3.79. The lowest BCUT2D eigenvalue weighted by Gasteiger charge is -2.17. The lowest BCUT2D eigenvalue weighted by atomic mass is 9.92. The smallest absolute Gasteiger partial charge is 0.115 e. The monoisotopic (exact) mass is 289 g/mol. The maximum atomic E-state index is 9.34. The van der Waals surface area contributed by atoms with Gasteiger partial charge in [0.15, 0.2) is 0 Å². The Morgan fingerprint density at radius 2 is 1.75 bits per heavy atom. The number of hydrogen-bond donors (Lipinski definition) is 2. The van der Waals surface area contributed by atoms with Crippen molar-refractivity contribution in [2.75, 3.05) is 13.6 Å². The number of aromatic hydroxyl groups is 1. The topological polar surface area (TPSA) is 32.3 Å². The summed E-state index contributed by atoms with van der Waals surface area (Å²) in [5.74, 6) is 0.787. The van der Waals surface area contributed by atoms with E-state index in [0.29, 0.717) is 11.7 Å². The van der Waals surface area contributed by atoms with E-state index in [1.165, 1.54) is 11.1 Å². The average Bonchev–Trinajstić information content (AvgIpc) is 2.44. The molecule has 20 heavy (non-hydrogen) atoms. The Balaban J connectivity index is 2.07. The van der Waals surface area contributed by atoms with Crippen LogP contribution in [0.25, 0.3) is 0 Å². The van der Waals surface area contributed by atoms with Gasteiger partial charge in [-0.1, -0.05) is 41.9 Å². The fourth-order valence-corrected chi connectivity index (χ4v) is 2.66. The van der Waals surface area contributed by atoms with Gasteiger partial charge in [-0.25, -0.2) is 0 Å². The van der Waals surface area contributed by atoms with Crippen molar-refractivity contribution in [3.8, 4) is 5.75 Å². The predicted molar refractivity (Wildman–Crippen MR) is 84.4 cm³/mol. The second kappa shape index (κ2) is 7.32. The third kappa shape index (κ3) is 4.26. The maximum Gasteiger partial charge on any atom is 0.115 e. The van der Waals surface area contributed by atoms with Gasteiger partial charge in [0.1, 0.15) is 5.75 Å². The van der Waals surface area contributed by atoms with Crippen LogP contribution < -0.4 is 5.32 Å². The zero-order valence-corrected chi connectivity index (χ0v) is 12.4. The molecule has 0 aromatic heterocycles. The highest BCUT2D eigenvalue weighted by Crippen LogP contribution is 2.21. The van der Waals surface area contributed by atoms with Gasteiger partial charge in [0.2, 0.25) is 0 Å². The molecule has 3 heteroatoms. The van der Waals surface area contributed by atoms with Crippen molar-refractivity contribution < 1.29 is 5.11 Å². The van der Waals surface area contributed by atoms with Crippen LogP contribution in [-0.2, 0) is 12.8 Å². The van der Waals surface area contributed by atoms with E-state index in [9.17, 15) is 5.11 Å². The summed E-state index contributed by atoms with van der Waals surface area (Å²) in [5.41, 5.74) is 2.42. The van der Waals surface area contributed by atoms with Gasteiger partial charge in [-0.2, -0.15) is 0 Å². The first-order valence-corrected chi connectivity index (χ1v) is 7.22. The number of rotatable bonds is 6. The first-order chi connectivity index (χ1) is 9.69. The van der Waals surface area contributed by atoms with E-state index < -0.39 is 0 Å². The Labute approximate surface area is 125 Å². The summed E-state index contributed by atoms with van der Waals surface area (Å²) >= 11 is 6.24. The lowest BCUT2D eigenvalue weighted by Crippen LogP contribution is -2.22. The Bertz CT molecular complexity index is 539. The highest BCUT2D eigenvalue weighted by atomic mass is 35.5. The van der Waals surface area contributed by atoms with Crippen molar-refractivity contribution in [1.82, 2.24) is 5.32 Å². The van der Waals surface area contributed by atoms with Crippen LogP contribution in [0.2, 0.25) is 5.02 Å². The molecule has 0 aliphatic heterocycles. The van der Waals surface area contributed by atoms with E-state index in [4.69, 9.17) is 11.6 Å². The molecule has 2 rings (SSSR count). The van der Waals surface area contributed by atoms with E-state index in [-0.39, 0.29) is 0 Å². The molecule has 2 aromatic rings. The first-order valence-electron chi connectivity index (χ1n) is 6.85. The highest BCUT2D eigenvalue weighted by Gasteiger charge is 2.12. The first kappa shape index (κ1) is 14.9. The van der Waals surface area contributed by atoms with Crippen LogP contribution in [0, 0.1) is 5.92 Å². The zero-order chi connectivity index (χ0) is 14.4. The summed E-state index contributed by atoms with van der Waals surface area (Å²) in [4.78, 5) is 0. The third-order valence-electron chi connectivity index (χ3n) is 3.42. The Morgan fingerprint density at radius 3 is 2.40 bits per heavy atom. The maximum absolute atomic E-state index is 9.34. The molecule has 106 valence electrons. The van der Waals surface area contributed by atoms with E-state index in [1.807, 2.05) is 37.4 Å². The molecule has 0 fully saturated rings. The zero-order valence-electron chi connectivity index (χ0n) is 11.6. The fraction of sp³-hybridized carbons (Fsp3) is 0.294. The molecule has 0 saturated carbocycles. The van der Waals surface area contributed by atoms with Crippen LogP contribution in [0.1, 0.15) is 11.1 Å². The van der Waals surface area contributed by atoms with Crippen LogP contribution in [0.4, 0.5) is 0 Å². The molecule has 0 saturated heterocycles. The molecule has 0 amide bonds. The molecule has 0 bridgehead atoms. The summed E-state index contributed by atoms with van der Waals surface area (Å²) in [6.07, 6.45) is 1.91. The number of hydrogen-bond acceptors (Lipinski definition) is 2.